The summed E-state index contributed by atoms with van der Waals surface area (Å²) in [5, 5.41) is 8.83. The Morgan fingerprint density at radius 3 is 2.50 bits per heavy atom. The van der Waals surface area contributed by atoms with Crippen molar-refractivity contribution in [1.29, 1.82) is 0 Å². The predicted octanol–water partition coefficient (Wildman–Crippen LogP) is 5.90. The molecule has 0 radical (unpaired) electrons. The molecule has 2 atom stereocenters. The molecule has 0 bridgehead atoms. The minimum Gasteiger partial charge on any atom is -0.493 e. The molecular weight excluding hydrogens is 396 g/mol. The van der Waals surface area contributed by atoms with Gasteiger partial charge in [0.25, 0.3) is 0 Å². The van der Waals surface area contributed by atoms with Crippen LogP contribution < -0.4 is 9.47 Å². The summed E-state index contributed by atoms with van der Waals surface area (Å²) in [6.45, 7) is 0. The standard InChI is InChI=1S/C25H32O4S/c1-28-23-17-19(15-16-22(23)29-20-12-6-7-13-20)21(24(30)25(26)27)14-8-5-11-18-9-3-2-4-10-18/h2-4,9-10,15-17,20-21,24,30H,5-8,11-14H2,1H3,(H,26,27). The third-order valence-electron chi connectivity index (χ3n) is 5.92. The summed E-state index contributed by atoms with van der Waals surface area (Å²) >= 11 is 4.42. The van der Waals surface area contributed by atoms with Gasteiger partial charge in [-0.25, -0.2) is 0 Å². The zero-order valence-electron chi connectivity index (χ0n) is 17.6. The van der Waals surface area contributed by atoms with Crippen LogP contribution in [0, 0.1) is 0 Å². The van der Waals surface area contributed by atoms with Crippen molar-refractivity contribution in [2.75, 3.05) is 7.11 Å². The lowest BCUT2D eigenvalue weighted by Crippen LogP contribution is -2.23. The van der Waals surface area contributed by atoms with Gasteiger partial charge in [0, 0.05) is 5.92 Å². The number of benzene rings is 2. The quantitative estimate of drug-likeness (QED) is 0.346. The van der Waals surface area contributed by atoms with Gasteiger partial charge in [-0.05, 0) is 68.2 Å². The second kappa shape index (κ2) is 11.3. The number of aryl methyl sites for hydroxylation is 1. The Labute approximate surface area is 185 Å². The molecule has 162 valence electrons. The molecule has 2 aromatic carbocycles. The smallest absolute Gasteiger partial charge is 0.316 e. The monoisotopic (exact) mass is 428 g/mol. The van der Waals surface area contributed by atoms with E-state index in [1.165, 1.54) is 18.4 Å². The topological polar surface area (TPSA) is 55.8 Å². The third kappa shape index (κ3) is 6.18. The number of carboxylic acids is 1. The first-order valence-corrected chi connectivity index (χ1v) is 11.4. The number of hydrogen-bond acceptors (Lipinski definition) is 4. The first kappa shape index (κ1) is 22.5. The molecule has 0 aliphatic heterocycles. The van der Waals surface area contributed by atoms with E-state index in [1.807, 2.05) is 36.4 Å². The van der Waals surface area contributed by atoms with E-state index in [0.29, 0.717) is 5.75 Å². The van der Waals surface area contributed by atoms with Gasteiger partial charge in [0.05, 0.1) is 13.2 Å². The summed E-state index contributed by atoms with van der Waals surface area (Å²) in [6, 6.07) is 16.2. The van der Waals surface area contributed by atoms with Crippen LogP contribution in [-0.2, 0) is 11.2 Å². The lowest BCUT2D eigenvalue weighted by molar-refractivity contribution is -0.136. The highest BCUT2D eigenvalue weighted by molar-refractivity contribution is 7.81. The third-order valence-corrected chi connectivity index (χ3v) is 6.50. The van der Waals surface area contributed by atoms with Crippen LogP contribution in [-0.4, -0.2) is 29.5 Å². The van der Waals surface area contributed by atoms with E-state index in [0.717, 1.165) is 49.8 Å². The Hall–Kier alpha value is -2.14. The van der Waals surface area contributed by atoms with Gasteiger partial charge >= 0.3 is 5.97 Å². The van der Waals surface area contributed by atoms with Crippen molar-refractivity contribution >= 4 is 18.6 Å². The number of carboxylic acid groups (broad SMARTS) is 1. The zero-order valence-corrected chi connectivity index (χ0v) is 18.5. The van der Waals surface area contributed by atoms with Crippen LogP contribution in [0.25, 0.3) is 0 Å². The van der Waals surface area contributed by atoms with Crippen LogP contribution in [0.2, 0.25) is 0 Å². The minimum absolute atomic E-state index is 0.184. The molecule has 2 unspecified atom stereocenters. The molecule has 1 aliphatic carbocycles. The van der Waals surface area contributed by atoms with Crippen LogP contribution in [0.15, 0.2) is 48.5 Å². The lowest BCUT2D eigenvalue weighted by Gasteiger charge is -2.23. The summed E-state index contributed by atoms with van der Waals surface area (Å²) in [7, 11) is 1.63. The Kier molecular flexibility index (Phi) is 8.50. The summed E-state index contributed by atoms with van der Waals surface area (Å²) in [4.78, 5) is 11.7. The largest absolute Gasteiger partial charge is 0.493 e. The number of methoxy groups -OCH3 is 1. The van der Waals surface area contributed by atoms with E-state index < -0.39 is 11.2 Å². The molecule has 30 heavy (non-hydrogen) atoms. The maximum atomic E-state index is 11.7. The molecule has 0 amide bonds. The van der Waals surface area contributed by atoms with Crippen molar-refractivity contribution in [3.05, 3.63) is 59.7 Å². The molecule has 0 aromatic heterocycles. The number of thiol groups is 1. The first-order valence-electron chi connectivity index (χ1n) is 10.9. The molecule has 0 heterocycles. The Morgan fingerprint density at radius 1 is 1.10 bits per heavy atom. The molecule has 1 saturated carbocycles. The highest BCUT2D eigenvalue weighted by atomic mass is 32.1. The normalized spacial score (nSPS) is 16.2. The molecule has 1 N–H and O–H groups in total. The van der Waals surface area contributed by atoms with Gasteiger partial charge in [0.15, 0.2) is 11.5 Å². The maximum absolute atomic E-state index is 11.7. The van der Waals surface area contributed by atoms with Crippen molar-refractivity contribution in [2.24, 2.45) is 0 Å². The Morgan fingerprint density at radius 2 is 1.83 bits per heavy atom. The van der Waals surface area contributed by atoms with Crippen molar-refractivity contribution in [1.82, 2.24) is 0 Å². The van der Waals surface area contributed by atoms with Gasteiger partial charge in [-0.2, -0.15) is 12.6 Å². The van der Waals surface area contributed by atoms with Crippen molar-refractivity contribution in [3.8, 4) is 11.5 Å². The fraction of sp³-hybridized carbons (Fsp3) is 0.480. The van der Waals surface area contributed by atoms with Crippen LogP contribution >= 0.6 is 12.6 Å². The van der Waals surface area contributed by atoms with E-state index in [-0.39, 0.29) is 12.0 Å². The summed E-state index contributed by atoms with van der Waals surface area (Å²) in [5.74, 6) is 0.328. The SMILES string of the molecule is COc1cc(C(CCCCc2ccccc2)C(S)C(=O)O)ccc1OC1CCCC1. The van der Waals surface area contributed by atoms with Gasteiger partial charge in [-0.15, -0.1) is 0 Å². The summed E-state index contributed by atoms with van der Waals surface area (Å²) in [5.41, 5.74) is 2.25. The van der Waals surface area contributed by atoms with E-state index in [4.69, 9.17) is 9.47 Å². The lowest BCUT2D eigenvalue weighted by atomic mass is 9.89. The van der Waals surface area contributed by atoms with Crippen molar-refractivity contribution in [3.63, 3.8) is 0 Å². The highest BCUT2D eigenvalue weighted by Gasteiger charge is 2.27. The number of hydrogen-bond donors (Lipinski definition) is 2. The second-order valence-electron chi connectivity index (χ2n) is 8.06. The fourth-order valence-corrected chi connectivity index (χ4v) is 4.54. The van der Waals surface area contributed by atoms with E-state index in [9.17, 15) is 9.90 Å². The Balaban J connectivity index is 1.68. The number of ether oxygens (including phenoxy) is 2. The minimum atomic E-state index is -0.892. The molecule has 1 fully saturated rings. The van der Waals surface area contributed by atoms with Gasteiger partial charge in [0.2, 0.25) is 0 Å². The van der Waals surface area contributed by atoms with Crippen molar-refractivity contribution < 1.29 is 19.4 Å². The van der Waals surface area contributed by atoms with E-state index in [1.54, 1.807) is 7.11 Å². The second-order valence-corrected chi connectivity index (χ2v) is 8.61. The van der Waals surface area contributed by atoms with Crippen LogP contribution in [0.5, 0.6) is 11.5 Å². The Bertz CT molecular complexity index is 802. The number of rotatable bonds is 11. The van der Waals surface area contributed by atoms with Crippen molar-refractivity contribution in [2.45, 2.75) is 68.6 Å². The number of unbranched alkanes of at least 4 members (excludes halogenated alkanes) is 1. The molecule has 4 nitrogen and oxygen atoms in total. The predicted molar refractivity (Wildman–Crippen MR) is 123 cm³/mol. The molecule has 2 aromatic rings. The van der Waals surface area contributed by atoms with Crippen LogP contribution in [0.1, 0.15) is 62.0 Å². The number of aliphatic carboxylic acids is 1. The van der Waals surface area contributed by atoms with Gasteiger partial charge < -0.3 is 14.6 Å². The average molecular weight is 429 g/mol. The van der Waals surface area contributed by atoms with E-state index in [2.05, 4.69) is 24.8 Å². The molecule has 1 aliphatic rings. The fourth-order valence-electron chi connectivity index (χ4n) is 4.21. The van der Waals surface area contributed by atoms with Gasteiger partial charge in [-0.3, -0.25) is 4.79 Å². The summed E-state index contributed by atoms with van der Waals surface area (Å²) < 4.78 is 11.7. The first-order chi connectivity index (χ1) is 14.6. The maximum Gasteiger partial charge on any atom is 0.316 e. The van der Waals surface area contributed by atoms with E-state index >= 15 is 0 Å². The molecule has 0 spiro atoms. The van der Waals surface area contributed by atoms with Gasteiger partial charge in [-0.1, -0.05) is 42.8 Å². The van der Waals surface area contributed by atoms with Gasteiger partial charge in [0.1, 0.15) is 5.25 Å². The molecule has 5 heteroatoms. The van der Waals surface area contributed by atoms with Crippen LogP contribution in [0.4, 0.5) is 0 Å². The number of carbonyl (C=O) groups is 1. The molecule has 3 rings (SSSR count). The van der Waals surface area contributed by atoms with Crippen LogP contribution in [0.3, 0.4) is 0 Å². The molecular formula is C25H32O4S. The highest BCUT2D eigenvalue weighted by Crippen LogP contribution is 2.37. The average Bonchev–Trinajstić information content (AvgIpc) is 3.27. The summed E-state index contributed by atoms with van der Waals surface area (Å²) in [6.07, 6.45) is 8.52. The zero-order chi connectivity index (χ0) is 21.3. The molecule has 0 saturated heterocycles.